The van der Waals surface area contributed by atoms with Crippen LogP contribution in [-0.4, -0.2) is 26.8 Å². The summed E-state index contributed by atoms with van der Waals surface area (Å²) in [7, 11) is 0. The van der Waals surface area contributed by atoms with Crippen LogP contribution in [0.15, 0.2) is 30.5 Å². The van der Waals surface area contributed by atoms with Crippen LogP contribution in [0.2, 0.25) is 5.02 Å². The second-order valence-electron chi connectivity index (χ2n) is 7.25. The van der Waals surface area contributed by atoms with Crippen molar-refractivity contribution in [2.24, 2.45) is 0 Å². The van der Waals surface area contributed by atoms with Gasteiger partial charge in [-0.15, -0.1) is 0 Å². The lowest BCUT2D eigenvalue weighted by Gasteiger charge is -2.30. The Morgan fingerprint density at radius 1 is 1.23 bits per heavy atom. The van der Waals surface area contributed by atoms with Gasteiger partial charge in [-0.1, -0.05) is 30.7 Å². The maximum absolute atomic E-state index is 12.9. The van der Waals surface area contributed by atoms with E-state index in [1.807, 2.05) is 20.8 Å². The van der Waals surface area contributed by atoms with Crippen LogP contribution in [0.3, 0.4) is 0 Å². The molecular weight excluding hydrogens is 354 g/mol. The first-order valence-electron chi connectivity index (χ1n) is 8.40. The van der Waals surface area contributed by atoms with Gasteiger partial charge in [-0.3, -0.25) is 9.48 Å². The Labute approximate surface area is 158 Å². The molecule has 0 aliphatic carbocycles. The fourth-order valence-electron chi connectivity index (χ4n) is 3.00. The normalized spacial score (nSPS) is 13.9. The highest BCUT2D eigenvalue weighted by atomic mass is 35.5. The number of hydrogen-bond donors (Lipinski definition) is 2. The van der Waals surface area contributed by atoms with Gasteiger partial charge in [0.25, 0.3) is 5.91 Å². The summed E-state index contributed by atoms with van der Waals surface area (Å²) in [4.78, 5) is 25.0. The van der Waals surface area contributed by atoms with E-state index in [4.69, 9.17) is 11.6 Å². The highest BCUT2D eigenvalue weighted by Crippen LogP contribution is 2.28. The van der Waals surface area contributed by atoms with Crippen molar-refractivity contribution in [1.82, 2.24) is 15.1 Å². The Bertz CT molecular complexity index is 822. The van der Waals surface area contributed by atoms with Gasteiger partial charge in [-0.25, -0.2) is 4.79 Å². The third-order valence-electron chi connectivity index (χ3n) is 4.45. The molecule has 1 amide bonds. The summed E-state index contributed by atoms with van der Waals surface area (Å²) in [6.07, 6.45) is 1.65. The highest BCUT2D eigenvalue weighted by Gasteiger charge is 2.41. The van der Waals surface area contributed by atoms with Gasteiger partial charge in [0.2, 0.25) is 0 Å². The van der Waals surface area contributed by atoms with E-state index < -0.39 is 17.4 Å². The van der Waals surface area contributed by atoms with Crippen LogP contribution < -0.4 is 5.32 Å². The molecule has 1 aromatic heterocycles. The first-order valence-corrected chi connectivity index (χ1v) is 8.77. The predicted molar refractivity (Wildman–Crippen MR) is 100 cm³/mol. The number of carboxylic acid groups (broad SMARTS) is 1. The Balaban J connectivity index is 2.44. The number of halogens is 1. The molecule has 26 heavy (non-hydrogen) atoms. The molecule has 7 heteroatoms. The maximum Gasteiger partial charge on any atom is 0.334 e. The van der Waals surface area contributed by atoms with Crippen molar-refractivity contribution in [2.45, 2.75) is 52.1 Å². The smallest absolute Gasteiger partial charge is 0.334 e. The van der Waals surface area contributed by atoms with E-state index in [1.54, 1.807) is 42.8 Å². The van der Waals surface area contributed by atoms with Crippen LogP contribution in [0.5, 0.6) is 0 Å². The van der Waals surface area contributed by atoms with Crippen LogP contribution in [0.1, 0.15) is 55.7 Å². The molecule has 0 radical (unpaired) electrons. The van der Waals surface area contributed by atoms with Gasteiger partial charge in [0.05, 0.1) is 17.3 Å². The lowest BCUT2D eigenvalue weighted by molar-refractivity contribution is -0.145. The van der Waals surface area contributed by atoms with Crippen LogP contribution >= 0.6 is 11.6 Å². The number of carbonyl (C=O) groups is 2. The molecule has 0 aliphatic rings. The Hall–Kier alpha value is -2.34. The summed E-state index contributed by atoms with van der Waals surface area (Å²) >= 11 is 5.91. The highest BCUT2D eigenvalue weighted by molar-refractivity contribution is 6.30. The number of carboxylic acids is 1. The van der Waals surface area contributed by atoms with Crippen LogP contribution in [0.4, 0.5) is 0 Å². The Morgan fingerprint density at radius 3 is 2.23 bits per heavy atom. The van der Waals surface area contributed by atoms with Gasteiger partial charge in [-0.2, -0.15) is 5.10 Å². The number of nitrogens with zero attached hydrogens (tertiary/aromatic N) is 2. The van der Waals surface area contributed by atoms with Gasteiger partial charge < -0.3 is 10.4 Å². The summed E-state index contributed by atoms with van der Waals surface area (Å²) < 4.78 is 1.75. The first-order chi connectivity index (χ1) is 12.0. The molecule has 0 fully saturated rings. The number of aliphatic carboxylic acids is 1. The van der Waals surface area contributed by atoms with Gasteiger partial charge in [0.15, 0.2) is 5.54 Å². The van der Waals surface area contributed by atoms with E-state index in [0.717, 1.165) is 0 Å². The molecule has 1 aromatic carbocycles. The number of hydrogen-bond acceptors (Lipinski definition) is 3. The zero-order valence-electron chi connectivity index (χ0n) is 15.6. The summed E-state index contributed by atoms with van der Waals surface area (Å²) in [5.41, 5.74) is -0.327. The molecule has 2 N–H and O–H groups in total. The molecule has 0 saturated heterocycles. The number of nitrogens with one attached hydrogen (secondary N) is 1. The van der Waals surface area contributed by atoms with Crippen molar-refractivity contribution in [2.75, 3.05) is 0 Å². The zero-order valence-corrected chi connectivity index (χ0v) is 16.4. The molecule has 1 atom stereocenters. The van der Waals surface area contributed by atoms with E-state index in [2.05, 4.69) is 10.4 Å². The monoisotopic (exact) mass is 377 g/mol. The Morgan fingerprint density at radius 2 is 1.81 bits per heavy atom. The lowest BCUT2D eigenvalue weighted by atomic mass is 9.87. The second kappa shape index (κ2) is 7.11. The first kappa shape index (κ1) is 20.0. The second-order valence-corrected chi connectivity index (χ2v) is 7.69. The predicted octanol–water partition coefficient (Wildman–Crippen LogP) is 3.72. The third kappa shape index (κ3) is 3.60. The SMILES string of the molecule is CCC(NC(=O)c1cnn(C(C)(C)C)c1C)(C(=O)O)c1ccc(Cl)cc1. The average Bonchev–Trinajstić information content (AvgIpc) is 2.95. The largest absolute Gasteiger partial charge is 0.479 e. The minimum atomic E-state index is -1.54. The molecule has 140 valence electrons. The van der Waals surface area contributed by atoms with Crippen molar-refractivity contribution in [3.05, 3.63) is 52.3 Å². The van der Waals surface area contributed by atoms with E-state index in [9.17, 15) is 14.7 Å². The fourth-order valence-corrected chi connectivity index (χ4v) is 3.12. The summed E-state index contributed by atoms with van der Waals surface area (Å²) in [6, 6.07) is 6.45. The number of amides is 1. The quantitative estimate of drug-likeness (QED) is 0.831. The molecule has 0 spiro atoms. The van der Waals surface area contributed by atoms with E-state index in [0.29, 0.717) is 21.8 Å². The molecule has 1 heterocycles. The molecule has 1 unspecified atom stereocenters. The fraction of sp³-hybridized carbons (Fsp3) is 0.421. The zero-order chi connectivity index (χ0) is 19.7. The molecule has 0 saturated carbocycles. The summed E-state index contributed by atoms with van der Waals surface area (Å²) in [6.45, 7) is 9.46. The topological polar surface area (TPSA) is 84.2 Å². The van der Waals surface area contributed by atoms with Crippen molar-refractivity contribution in [1.29, 1.82) is 0 Å². The van der Waals surface area contributed by atoms with Crippen molar-refractivity contribution in [3.63, 3.8) is 0 Å². The van der Waals surface area contributed by atoms with Gasteiger partial charge in [0, 0.05) is 10.7 Å². The van der Waals surface area contributed by atoms with Crippen LogP contribution in [-0.2, 0) is 15.9 Å². The maximum atomic E-state index is 12.9. The molecular formula is C19H24ClN3O3. The lowest BCUT2D eigenvalue weighted by Crippen LogP contribution is -2.51. The average molecular weight is 378 g/mol. The molecule has 6 nitrogen and oxygen atoms in total. The van der Waals surface area contributed by atoms with Gasteiger partial charge >= 0.3 is 5.97 Å². The minimum absolute atomic E-state index is 0.183. The molecule has 2 aromatic rings. The Kier molecular flexibility index (Phi) is 5.47. The van der Waals surface area contributed by atoms with Gasteiger partial charge in [0.1, 0.15) is 0 Å². The number of carbonyl (C=O) groups excluding carboxylic acids is 1. The van der Waals surface area contributed by atoms with Crippen molar-refractivity contribution in [3.8, 4) is 0 Å². The molecule has 2 rings (SSSR count). The van der Waals surface area contributed by atoms with E-state index >= 15 is 0 Å². The van der Waals surface area contributed by atoms with Crippen molar-refractivity contribution < 1.29 is 14.7 Å². The summed E-state index contributed by atoms with van der Waals surface area (Å²) in [5.74, 6) is -1.60. The van der Waals surface area contributed by atoms with E-state index in [-0.39, 0.29) is 12.0 Å². The standard InChI is InChI=1S/C19H24ClN3O3/c1-6-19(17(25)26,13-7-9-14(20)10-8-13)22-16(24)15-11-21-23(12(15)2)18(3,4)5/h7-11H,6H2,1-5H3,(H,22,24)(H,25,26). The van der Waals surface area contributed by atoms with Crippen LogP contribution in [0.25, 0.3) is 0 Å². The number of benzene rings is 1. The van der Waals surface area contributed by atoms with Crippen LogP contribution in [0, 0.1) is 6.92 Å². The minimum Gasteiger partial charge on any atom is -0.479 e. The van der Waals surface area contributed by atoms with Crippen molar-refractivity contribution >= 4 is 23.5 Å². The number of aromatic nitrogens is 2. The number of rotatable bonds is 5. The summed E-state index contributed by atoms with van der Waals surface area (Å²) in [5, 5.41) is 17.4. The van der Waals surface area contributed by atoms with Gasteiger partial charge in [-0.05, 0) is 51.8 Å². The third-order valence-corrected chi connectivity index (χ3v) is 4.70. The molecule has 0 bridgehead atoms. The van der Waals surface area contributed by atoms with E-state index in [1.165, 1.54) is 6.20 Å². The molecule has 0 aliphatic heterocycles.